The maximum absolute atomic E-state index is 5.74. The van der Waals surface area contributed by atoms with Crippen molar-refractivity contribution in [1.82, 2.24) is 10.1 Å². The van der Waals surface area contributed by atoms with Gasteiger partial charge in [-0.15, -0.1) is 0 Å². The molecule has 2 N–H and O–H groups in total. The summed E-state index contributed by atoms with van der Waals surface area (Å²) in [6.45, 7) is 1.97. The van der Waals surface area contributed by atoms with E-state index in [0.29, 0.717) is 11.7 Å². The van der Waals surface area contributed by atoms with Crippen LogP contribution in [0.5, 0.6) is 0 Å². The van der Waals surface area contributed by atoms with E-state index < -0.39 is 0 Å². The first-order valence-corrected chi connectivity index (χ1v) is 5.99. The minimum Gasteiger partial charge on any atom is -0.399 e. The van der Waals surface area contributed by atoms with Gasteiger partial charge in [0, 0.05) is 16.8 Å². The third-order valence-electron chi connectivity index (χ3n) is 2.94. The average molecular weight is 251 g/mol. The van der Waals surface area contributed by atoms with Crippen LogP contribution in [0.2, 0.25) is 0 Å². The molecule has 4 heteroatoms. The fourth-order valence-electron chi connectivity index (χ4n) is 1.96. The summed E-state index contributed by atoms with van der Waals surface area (Å²) in [4.78, 5) is 4.42. The number of anilines is 1. The van der Waals surface area contributed by atoms with Gasteiger partial charge in [0.25, 0.3) is 5.89 Å². The van der Waals surface area contributed by atoms with Gasteiger partial charge in [-0.05, 0) is 30.7 Å². The Balaban J connectivity index is 2.02. The van der Waals surface area contributed by atoms with Crippen LogP contribution in [0.4, 0.5) is 5.69 Å². The number of nitrogens with two attached hydrogens (primary N) is 1. The summed E-state index contributed by atoms with van der Waals surface area (Å²) in [6.07, 6.45) is 0. The molecule has 0 aliphatic carbocycles. The third-order valence-corrected chi connectivity index (χ3v) is 2.94. The first-order chi connectivity index (χ1) is 9.24. The lowest BCUT2D eigenvalue weighted by Gasteiger charge is -2.01. The Hall–Kier alpha value is -2.62. The second-order valence-corrected chi connectivity index (χ2v) is 4.36. The molecule has 1 heterocycles. The van der Waals surface area contributed by atoms with Crippen LogP contribution >= 0.6 is 0 Å². The van der Waals surface area contributed by atoms with Crippen LogP contribution in [0.3, 0.4) is 0 Å². The van der Waals surface area contributed by atoms with E-state index in [9.17, 15) is 0 Å². The van der Waals surface area contributed by atoms with Crippen molar-refractivity contribution in [3.8, 4) is 22.8 Å². The van der Waals surface area contributed by atoms with E-state index in [1.165, 1.54) is 0 Å². The number of hydrogen-bond acceptors (Lipinski definition) is 4. The Morgan fingerprint density at radius 1 is 1.05 bits per heavy atom. The molecule has 0 spiro atoms. The molecule has 4 nitrogen and oxygen atoms in total. The number of nitrogen functional groups attached to an aromatic ring is 1. The van der Waals surface area contributed by atoms with Crippen LogP contribution in [-0.4, -0.2) is 10.1 Å². The van der Waals surface area contributed by atoms with E-state index in [2.05, 4.69) is 10.1 Å². The summed E-state index contributed by atoms with van der Waals surface area (Å²) < 4.78 is 5.32. The fraction of sp³-hybridized carbons (Fsp3) is 0.0667. The monoisotopic (exact) mass is 251 g/mol. The van der Waals surface area contributed by atoms with Gasteiger partial charge in [-0.25, -0.2) is 0 Å². The predicted molar refractivity (Wildman–Crippen MR) is 74.3 cm³/mol. The molecule has 0 bridgehead atoms. The Bertz CT molecular complexity index is 704. The van der Waals surface area contributed by atoms with Gasteiger partial charge in [-0.1, -0.05) is 35.5 Å². The minimum atomic E-state index is 0.511. The molecule has 2 aromatic carbocycles. The van der Waals surface area contributed by atoms with Crippen LogP contribution in [0.15, 0.2) is 53.1 Å². The molecule has 0 saturated heterocycles. The van der Waals surface area contributed by atoms with Crippen molar-refractivity contribution in [1.29, 1.82) is 0 Å². The number of nitrogens with zero attached hydrogens (tertiary/aromatic N) is 2. The quantitative estimate of drug-likeness (QED) is 0.710. The highest BCUT2D eigenvalue weighted by Crippen LogP contribution is 2.25. The summed E-state index contributed by atoms with van der Waals surface area (Å²) in [7, 11) is 0. The third kappa shape index (κ3) is 2.20. The molecule has 0 saturated carbocycles. The van der Waals surface area contributed by atoms with Gasteiger partial charge >= 0.3 is 0 Å². The molecule has 0 fully saturated rings. The van der Waals surface area contributed by atoms with Crippen molar-refractivity contribution in [3.63, 3.8) is 0 Å². The zero-order chi connectivity index (χ0) is 13.2. The lowest BCUT2D eigenvalue weighted by atomic mass is 10.1. The highest BCUT2D eigenvalue weighted by molar-refractivity contribution is 5.64. The number of aryl methyl sites for hydroxylation is 1. The van der Waals surface area contributed by atoms with Gasteiger partial charge < -0.3 is 10.3 Å². The molecule has 1 aromatic heterocycles. The summed E-state index contributed by atoms with van der Waals surface area (Å²) in [5, 5.41) is 4.01. The van der Waals surface area contributed by atoms with E-state index in [1.54, 1.807) is 0 Å². The largest absolute Gasteiger partial charge is 0.399 e. The van der Waals surface area contributed by atoms with Gasteiger partial charge in [0.05, 0.1) is 0 Å². The normalized spacial score (nSPS) is 10.6. The van der Waals surface area contributed by atoms with Crippen molar-refractivity contribution >= 4 is 5.69 Å². The predicted octanol–water partition coefficient (Wildman–Crippen LogP) is 3.29. The minimum absolute atomic E-state index is 0.511. The van der Waals surface area contributed by atoms with Gasteiger partial charge in [0.1, 0.15) is 0 Å². The maximum Gasteiger partial charge on any atom is 0.258 e. The zero-order valence-corrected chi connectivity index (χ0v) is 10.5. The van der Waals surface area contributed by atoms with Gasteiger partial charge in [-0.3, -0.25) is 0 Å². The van der Waals surface area contributed by atoms with Crippen molar-refractivity contribution in [3.05, 3.63) is 54.1 Å². The van der Waals surface area contributed by atoms with Crippen molar-refractivity contribution < 1.29 is 4.52 Å². The number of aromatic nitrogens is 2. The Labute approximate surface area is 110 Å². The number of hydrogen-bond donors (Lipinski definition) is 1. The zero-order valence-electron chi connectivity index (χ0n) is 10.5. The first kappa shape index (κ1) is 11.5. The van der Waals surface area contributed by atoms with E-state index in [1.807, 2.05) is 55.5 Å². The van der Waals surface area contributed by atoms with Crippen LogP contribution in [0.1, 0.15) is 5.56 Å². The van der Waals surface area contributed by atoms with Crippen molar-refractivity contribution in [2.24, 2.45) is 0 Å². The highest BCUT2D eigenvalue weighted by atomic mass is 16.5. The van der Waals surface area contributed by atoms with E-state index >= 15 is 0 Å². The Morgan fingerprint density at radius 2 is 1.84 bits per heavy atom. The second-order valence-electron chi connectivity index (χ2n) is 4.36. The van der Waals surface area contributed by atoms with Gasteiger partial charge in [0.2, 0.25) is 5.82 Å². The lowest BCUT2D eigenvalue weighted by Crippen LogP contribution is -1.88. The molecular formula is C15H13N3O. The summed E-state index contributed by atoms with van der Waals surface area (Å²) in [5.41, 5.74) is 9.32. The average Bonchev–Trinajstić information content (AvgIpc) is 2.89. The first-order valence-electron chi connectivity index (χ1n) is 5.99. The highest BCUT2D eigenvalue weighted by Gasteiger charge is 2.12. The van der Waals surface area contributed by atoms with E-state index in [0.717, 1.165) is 22.4 Å². The Kier molecular flexibility index (Phi) is 2.76. The fourth-order valence-corrected chi connectivity index (χ4v) is 1.96. The Morgan fingerprint density at radius 3 is 2.58 bits per heavy atom. The summed E-state index contributed by atoms with van der Waals surface area (Å²) in [5.74, 6) is 1.10. The number of benzene rings is 2. The van der Waals surface area contributed by atoms with Crippen molar-refractivity contribution in [2.45, 2.75) is 6.92 Å². The SMILES string of the molecule is Cc1cc(N)ccc1-c1nc(-c2ccccc2)no1. The molecule has 0 aliphatic heterocycles. The maximum atomic E-state index is 5.74. The van der Waals surface area contributed by atoms with E-state index in [4.69, 9.17) is 10.3 Å². The molecule has 19 heavy (non-hydrogen) atoms. The second kappa shape index (κ2) is 4.57. The molecule has 94 valence electrons. The molecule has 0 unspecified atom stereocenters. The standard InChI is InChI=1S/C15H13N3O/c1-10-9-12(16)7-8-13(10)15-17-14(18-19-15)11-5-3-2-4-6-11/h2-9H,16H2,1H3. The molecule has 0 aliphatic rings. The van der Waals surface area contributed by atoms with Crippen LogP contribution < -0.4 is 5.73 Å². The number of rotatable bonds is 2. The molecule has 0 radical (unpaired) electrons. The topological polar surface area (TPSA) is 64.9 Å². The van der Waals surface area contributed by atoms with Crippen LogP contribution in [0, 0.1) is 6.92 Å². The molecule has 3 rings (SSSR count). The molecular weight excluding hydrogens is 238 g/mol. The van der Waals surface area contributed by atoms with Crippen LogP contribution in [-0.2, 0) is 0 Å². The van der Waals surface area contributed by atoms with Crippen LogP contribution in [0.25, 0.3) is 22.8 Å². The van der Waals surface area contributed by atoms with Gasteiger partial charge in [0.15, 0.2) is 0 Å². The molecule has 0 amide bonds. The smallest absolute Gasteiger partial charge is 0.258 e. The summed E-state index contributed by atoms with van der Waals surface area (Å²) >= 11 is 0. The lowest BCUT2D eigenvalue weighted by molar-refractivity contribution is 0.432. The molecule has 3 aromatic rings. The van der Waals surface area contributed by atoms with Crippen molar-refractivity contribution in [2.75, 3.05) is 5.73 Å². The summed E-state index contributed by atoms with van der Waals surface area (Å²) in [6, 6.07) is 15.4. The van der Waals surface area contributed by atoms with E-state index in [-0.39, 0.29) is 0 Å². The van der Waals surface area contributed by atoms with Gasteiger partial charge in [-0.2, -0.15) is 4.98 Å². The molecule has 0 atom stereocenters.